The average molecular weight is 300 g/mol. The molecule has 1 N–H and O–H groups in total. The van der Waals surface area contributed by atoms with Gasteiger partial charge in [-0.1, -0.05) is 26.2 Å². The first-order valence-corrected chi connectivity index (χ1v) is 7.66. The Morgan fingerprint density at radius 3 is 2.33 bits per heavy atom. The van der Waals surface area contributed by atoms with E-state index in [0.29, 0.717) is 11.6 Å². The summed E-state index contributed by atoms with van der Waals surface area (Å²) in [6.45, 7) is 2.22. The summed E-state index contributed by atoms with van der Waals surface area (Å²) in [5.74, 6) is 1.27. The van der Waals surface area contributed by atoms with Crippen molar-refractivity contribution in [3.63, 3.8) is 0 Å². The molecular weight excluding hydrogens is 277 g/mol. The lowest BCUT2D eigenvalue weighted by Gasteiger charge is -2.33. The first kappa shape index (κ1) is 16.3. The lowest BCUT2D eigenvalue weighted by molar-refractivity contribution is -0.137. The molecule has 0 amide bonds. The van der Waals surface area contributed by atoms with E-state index < -0.39 is 11.7 Å². The Morgan fingerprint density at radius 2 is 1.90 bits per heavy atom. The molecule has 1 fully saturated rings. The van der Waals surface area contributed by atoms with Crippen LogP contribution >= 0.6 is 0 Å². The first-order chi connectivity index (χ1) is 9.95. The Balaban J connectivity index is 2.07. The second-order valence-electron chi connectivity index (χ2n) is 5.92. The Hall–Kier alpha value is -1.10. The molecule has 2 nitrogen and oxygen atoms in total. The van der Waals surface area contributed by atoms with Crippen LogP contribution in [0, 0.1) is 11.8 Å². The van der Waals surface area contributed by atoms with E-state index in [1.807, 2.05) is 7.05 Å². The van der Waals surface area contributed by atoms with Gasteiger partial charge in [-0.25, -0.2) is 0 Å². The van der Waals surface area contributed by atoms with Gasteiger partial charge in [-0.3, -0.25) is 4.98 Å². The van der Waals surface area contributed by atoms with Crippen LogP contribution in [-0.2, 0) is 6.18 Å². The highest BCUT2D eigenvalue weighted by Crippen LogP contribution is 2.37. The van der Waals surface area contributed by atoms with Gasteiger partial charge in [-0.2, -0.15) is 13.2 Å². The Kier molecular flexibility index (Phi) is 5.25. The summed E-state index contributed by atoms with van der Waals surface area (Å²) < 4.78 is 37.8. The predicted molar refractivity (Wildman–Crippen MR) is 76.8 cm³/mol. The number of pyridine rings is 1. The largest absolute Gasteiger partial charge is 0.417 e. The molecule has 0 saturated heterocycles. The van der Waals surface area contributed by atoms with Gasteiger partial charge in [0.15, 0.2) is 0 Å². The van der Waals surface area contributed by atoms with Gasteiger partial charge >= 0.3 is 6.18 Å². The Morgan fingerprint density at radius 1 is 1.24 bits per heavy atom. The Bertz CT molecular complexity index is 434. The van der Waals surface area contributed by atoms with E-state index in [1.165, 1.54) is 25.3 Å². The second kappa shape index (κ2) is 6.77. The molecule has 1 heterocycles. The summed E-state index contributed by atoms with van der Waals surface area (Å²) in [4.78, 5) is 4.05. The van der Waals surface area contributed by atoms with Gasteiger partial charge in [0.2, 0.25) is 0 Å². The van der Waals surface area contributed by atoms with Crippen molar-refractivity contribution in [3.8, 4) is 0 Å². The maximum Gasteiger partial charge on any atom is 0.417 e. The maximum absolute atomic E-state index is 12.6. The lowest BCUT2D eigenvalue weighted by Crippen LogP contribution is -2.29. The molecule has 1 aromatic rings. The predicted octanol–water partition coefficient (Wildman–Crippen LogP) is 4.58. The fourth-order valence-corrected chi connectivity index (χ4v) is 3.31. The SMILES string of the molecule is CCC1CCC(C(NC)c2ccc(C(F)(F)F)cn2)CC1. The number of nitrogens with zero attached hydrogens (tertiary/aromatic N) is 1. The highest BCUT2D eigenvalue weighted by atomic mass is 19.4. The summed E-state index contributed by atoms with van der Waals surface area (Å²) in [5, 5.41) is 3.24. The third-order valence-corrected chi connectivity index (χ3v) is 4.68. The van der Waals surface area contributed by atoms with Crippen molar-refractivity contribution in [2.75, 3.05) is 7.05 Å². The van der Waals surface area contributed by atoms with Crippen LogP contribution in [0.1, 0.15) is 56.3 Å². The number of rotatable bonds is 4. The minimum Gasteiger partial charge on any atom is -0.311 e. The molecule has 0 bridgehead atoms. The van der Waals surface area contributed by atoms with Crippen LogP contribution in [0.25, 0.3) is 0 Å². The maximum atomic E-state index is 12.6. The van der Waals surface area contributed by atoms with Crippen molar-refractivity contribution < 1.29 is 13.2 Å². The molecule has 5 heteroatoms. The molecule has 1 aliphatic carbocycles. The monoisotopic (exact) mass is 300 g/mol. The van der Waals surface area contributed by atoms with Gasteiger partial charge < -0.3 is 5.32 Å². The quantitative estimate of drug-likeness (QED) is 0.880. The minimum atomic E-state index is -4.32. The fraction of sp³-hybridized carbons (Fsp3) is 0.688. The van der Waals surface area contributed by atoms with Gasteiger partial charge in [-0.15, -0.1) is 0 Å². The number of hydrogen-bond donors (Lipinski definition) is 1. The van der Waals surface area contributed by atoms with Crippen LogP contribution < -0.4 is 5.32 Å². The number of halogens is 3. The molecule has 1 atom stereocenters. The molecule has 1 saturated carbocycles. The minimum absolute atomic E-state index is 0.0464. The summed E-state index contributed by atoms with van der Waals surface area (Å²) in [7, 11) is 1.86. The normalized spacial score (nSPS) is 24.8. The van der Waals surface area contributed by atoms with Crippen molar-refractivity contribution in [2.24, 2.45) is 11.8 Å². The summed E-state index contributed by atoms with van der Waals surface area (Å²) in [6, 6.07) is 2.69. The molecule has 0 spiro atoms. The number of hydrogen-bond acceptors (Lipinski definition) is 2. The molecular formula is C16H23F3N2. The summed E-state index contributed by atoms with van der Waals surface area (Å²) >= 11 is 0. The van der Waals surface area contributed by atoms with Gasteiger partial charge in [0.25, 0.3) is 0 Å². The zero-order valence-electron chi connectivity index (χ0n) is 12.6. The van der Waals surface area contributed by atoms with Crippen LogP contribution in [0.15, 0.2) is 18.3 Å². The van der Waals surface area contributed by atoms with E-state index in [1.54, 1.807) is 0 Å². The van der Waals surface area contributed by atoms with Crippen LogP contribution in [0.3, 0.4) is 0 Å². The van der Waals surface area contributed by atoms with Gasteiger partial charge in [-0.05, 0) is 43.9 Å². The second-order valence-corrected chi connectivity index (χ2v) is 5.92. The van der Waals surface area contributed by atoms with Crippen LogP contribution in [0.4, 0.5) is 13.2 Å². The van der Waals surface area contributed by atoms with Crippen molar-refractivity contribution in [1.82, 2.24) is 10.3 Å². The van der Waals surface area contributed by atoms with E-state index in [0.717, 1.165) is 31.0 Å². The summed E-state index contributed by atoms with van der Waals surface area (Å²) in [5.41, 5.74) is 0.0289. The van der Waals surface area contributed by atoms with E-state index in [-0.39, 0.29) is 6.04 Å². The van der Waals surface area contributed by atoms with Gasteiger partial charge in [0, 0.05) is 6.20 Å². The van der Waals surface area contributed by atoms with E-state index in [2.05, 4.69) is 17.2 Å². The molecule has 118 valence electrons. The third-order valence-electron chi connectivity index (χ3n) is 4.68. The smallest absolute Gasteiger partial charge is 0.311 e. The number of alkyl halides is 3. The first-order valence-electron chi connectivity index (χ1n) is 7.66. The molecule has 1 unspecified atom stereocenters. The van der Waals surface area contributed by atoms with E-state index in [9.17, 15) is 13.2 Å². The molecule has 2 rings (SSSR count). The number of nitrogens with one attached hydrogen (secondary N) is 1. The van der Waals surface area contributed by atoms with Crippen LogP contribution in [0.2, 0.25) is 0 Å². The van der Waals surface area contributed by atoms with Crippen LogP contribution in [0.5, 0.6) is 0 Å². The van der Waals surface area contributed by atoms with Crippen molar-refractivity contribution in [1.29, 1.82) is 0 Å². The standard InChI is InChI=1S/C16H23F3N2/c1-3-11-4-6-12(7-5-11)15(20-2)14-9-8-13(10-21-14)16(17,18)19/h8-12,15,20H,3-7H2,1-2H3. The van der Waals surface area contributed by atoms with Gasteiger partial charge in [0.05, 0.1) is 17.3 Å². The highest BCUT2D eigenvalue weighted by Gasteiger charge is 2.32. The van der Waals surface area contributed by atoms with Crippen molar-refractivity contribution in [2.45, 2.75) is 51.2 Å². The zero-order chi connectivity index (χ0) is 15.5. The molecule has 0 radical (unpaired) electrons. The zero-order valence-corrected chi connectivity index (χ0v) is 12.6. The molecule has 1 aromatic heterocycles. The van der Waals surface area contributed by atoms with Crippen LogP contribution in [-0.4, -0.2) is 12.0 Å². The Labute approximate surface area is 124 Å². The summed E-state index contributed by atoms with van der Waals surface area (Å²) in [6.07, 6.45) is 2.49. The molecule has 21 heavy (non-hydrogen) atoms. The highest BCUT2D eigenvalue weighted by molar-refractivity contribution is 5.19. The van der Waals surface area contributed by atoms with E-state index >= 15 is 0 Å². The van der Waals surface area contributed by atoms with Crippen molar-refractivity contribution >= 4 is 0 Å². The van der Waals surface area contributed by atoms with Gasteiger partial charge in [0.1, 0.15) is 0 Å². The molecule has 1 aliphatic rings. The molecule has 0 aromatic carbocycles. The lowest BCUT2D eigenvalue weighted by atomic mass is 9.77. The average Bonchev–Trinajstić information content (AvgIpc) is 2.48. The molecule has 0 aliphatic heterocycles. The van der Waals surface area contributed by atoms with E-state index in [4.69, 9.17) is 0 Å². The topological polar surface area (TPSA) is 24.9 Å². The van der Waals surface area contributed by atoms with Crippen molar-refractivity contribution in [3.05, 3.63) is 29.6 Å². The third kappa shape index (κ3) is 3.96. The fourth-order valence-electron chi connectivity index (χ4n) is 3.31. The number of aromatic nitrogens is 1.